The molecule has 3 rings (SSSR count). The number of nitro groups is 1. The zero-order valence-electron chi connectivity index (χ0n) is 15.0. The molecule has 1 aliphatic rings. The first kappa shape index (κ1) is 20.6. The molecular formula is C19H14ClN3O5S. The van der Waals surface area contributed by atoms with Gasteiger partial charge in [0.25, 0.3) is 16.8 Å². The molecule has 1 fully saturated rings. The van der Waals surface area contributed by atoms with E-state index in [0.29, 0.717) is 28.0 Å². The molecule has 0 saturated carbocycles. The van der Waals surface area contributed by atoms with Crippen molar-refractivity contribution in [3.8, 4) is 0 Å². The van der Waals surface area contributed by atoms with Gasteiger partial charge in [0.15, 0.2) is 0 Å². The third-order valence-corrected chi connectivity index (χ3v) is 5.35. The first-order valence-corrected chi connectivity index (χ1v) is 9.50. The number of nitrogens with one attached hydrogen (secondary N) is 1. The van der Waals surface area contributed by atoms with Crippen LogP contribution in [0.15, 0.2) is 47.4 Å². The van der Waals surface area contributed by atoms with Crippen molar-refractivity contribution < 1.29 is 19.3 Å². The number of imide groups is 1. The van der Waals surface area contributed by atoms with E-state index in [0.717, 1.165) is 10.5 Å². The van der Waals surface area contributed by atoms with Gasteiger partial charge in [-0.1, -0.05) is 17.7 Å². The maximum atomic E-state index is 12.5. The van der Waals surface area contributed by atoms with Crippen molar-refractivity contribution in [3.05, 3.63) is 73.6 Å². The number of aryl methyl sites for hydroxylation is 1. The van der Waals surface area contributed by atoms with Crippen LogP contribution in [0.3, 0.4) is 0 Å². The summed E-state index contributed by atoms with van der Waals surface area (Å²) in [5.41, 5.74) is 1.76. The molecule has 0 radical (unpaired) electrons. The van der Waals surface area contributed by atoms with Crippen LogP contribution < -0.4 is 5.32 Å². The number of halogens is 1. The Hall–Kier alpha value is -3.17. The lowest BCUT2D eigenvalue weighted by Gasteiger charge is -2.13. The van der Waals surface area contributed by atoms with Crippen molar-refractivity contribution in [2.75, 3.05) is 11.9 Å². The molecule has 0 aromatic heterocycles. The standard InChI is InChI=1S/C19H14ClN3O5S/c1-11-2-5-13(9-15(11)20)21-17(24)10-22-18(25)16(29-19(22)26)8-12-3-6-14(7-4-12)23(27)28/h2-9H,10H2,1H3,(H,21,24)/b16-8+. The summed E-state index contributed by atoms with van der Waals surface area (Å²) in [7, 11) is 0. The highest BCUT2D eigenvalue weighted by atomic mass is 35.5. The maximum Gasteiger partial charge on any atom is 0.294 e. The normalized spacial score (nSPS) is 15.1. The average molecular weight is 432 g/mol. The second kappa shape index (κ2) is 8.46. The summed E-state index contributed by atoms with van der Waals surface area (Å²) in [6.45, 7) is 1.39. The van der Waals surface area contributed by atoms with Crippen LogP contribution in [0.4, 0.5) is 16.2 Å². The van der Waals surface area contributed by atoms with E-state index in [9.17, 15) is 24.5 Å². The van der Waals surface area contributed by atoms with E-state index in [2.05, 4.69) is 5.32 Å². The van der Waals surface area contributed by atoms with Gasteiger partial charge in [-0.15, -0.1) is 0 Å². The molecule has 1 saturated heterocycles. The Bertz CT molecular complexity index is 1050. The lowest BCUT2D eigenvalue weighted by Crippen LogP contribution is -2.36. The Morgan fingerprint density at radius 1 is 1.24 bits per heavy atom. The topological polar surface area (TPSA) is 110 Å². The number of nitro benzene ring substituents is 1. The van der Waals surface area contributed by atoms with Crippen molar-refractivity contribution in [2.45, 2.75) is 6.92 Å². The zero-order chi connectivity index (χ0) is 21.1. The van der Waals surface area contributed by atoms with E-state index in [1.807, 2.05) is 6.92 Å². The summed E-state index contributed by atoms with van der Waals surface area (Å²) in [4.78, 5) is 48.0. The summed E-state index contributed by atoms with van der Waals surface area (Å²) in [5, 5.41) is 13.2. The molecular weight excluding hydrogens is 418 g/mol. The summed E-state index contributed by atoms with van der Waals surface area (Å²) in [6, 6.07) is 10.5. The van der Waals surface area contributed by atoms with E-state index in [1.54, 1.807) is 18.2 Å². The van der Waals surface area contributed by atoms with Crippen LogP contribution in [-0.2, 0) is 9.59 Å². The smallest absolute Gasteiger partial charge is 0.294 e. The molecule has 29 heavy (non-hydrogen) atoms. The first-order valence-electron chi connectivity index (χ1n) is 8.30. The number of rotatable bonds is 5. The predicted molar refractivity (Wildman–Crippen MR) is 111 cm³/mol. The number of amides is 3. The van der Waals surface area contributed by atoms with Crippen LogP contribution in [0.1, 0.15) is 11.1 Å². The largest absolute Gasteiger partial charge is 0.324 e. The molecule has 1 heterocycles. The van der Waals surface area contributed by atoms with E-state index in [1.165, 1.54) is 30.3 Å². The Morgan fingerprint density at radius 3 is 2.55 bits per heavy atom. The van der Waals surface area contributed by atoms with Gasteiger partial charge >= 0.3 is 0 Å². The quantitative estimate of drug-likeness (QED) is 0.431. The van der Waals surface area contributed by atoms with Crippen molar-refractivity contribution in [2.24, 2.45) is 0 Å². The van der Waals surface area contributed by atoms with Crippen molar-refractivity contribution in [3.63, 3.8) is 0 Å². The molecule has 0 bridgehead atoms. The van der Waals surface area contributed by atoms with Gasteiger partial charge in [0.05, 0.1) is 9.83 Å². The molecule has 10 heteroatoms. The van der Waals surface area contributed by atoms with Gasteiger partial charge in [-0.2, -0.15) is 0 Å². The number of thioether (sulfide) groups is 1. The highest BCUT2D eigenvalue weighted by molar-refractivity contribution is 8.18. The molecule has 148 valence electrons. The number of carbonyl (C=O) groups excluding carboxylic acids is 3. The van der Waals surface area contributed by atoms with Gasteiger partial charge in [0, 0.05) is 22.8 Å². The Labute approximate surface area is 174 Å². The molecule has 3 amide bonds. The summed E-state index contributed by atoms with van der Waals surface area (Å²) < 4.78 is 0. The van der Waals surface area contributed by atoms with Gasteiger partial charge < -0.3 is 5.32 Å². The van der Waals surface area contributed by atoms with Gasteiger partial charge in [-0.25, -0.2) is 0 Å². The summed E-state index contributed by atoms with van der Waals surface area (Å²) in [6.07, 6.45) is 1.45. The molecule has 8 nitrogen and oxygen atoms in total. The van der Waals surface area contributed by atoms with Crippen molar-refractivity contribution in [1.29, 1.82) is 0 Å². The fourth-order valence-corrected chi connectivity index (χ4v) is 3.51. The van der Waals surface area contributed by atoms with Gasteiger partial charge in [-0.3, -0.25) is 29.4 Å². The second-order valence-electron chi connectivity index (χ2n) is 6.13. The van der Waals surface area contributed by atoms with Crippen LogP contribution >= 0.6 is 23.4 Å². The predicted octanol–water partition coefficient (Wildman–Crippen LogP) is 4.23. The molecule has 0 spiro atoms. The third-order valence-electron chi connectivity index (χ3n) is 4.03. The van der Waals surface area contributed by atoms with Crippen LogP contribution in [0.25, 0.3) is 6.08 Å². The number of anilines is 1. The van der Waals surface area contributed by atoms with Crippen LogP contribution in [0.2, 0.25) is 5.02 Å². The van der Waals surface area contributed by atoms with Gasteiger partial charge in [0.2, 0.25) is 5.91 Å². The minimum atomic E-state index is -0.601. The van der Waals surface area contributed by atoms with Crippen LogP contribution in [0.5, 0.6) is 0 Å². The molecule has 0 atom stereocenters. The van der Waals surface area contributed by atoms with E-state index < -0.39 is 28.5 Å². The van der Waals surface area contributed by atoms with Crippen LogP contribution in [-0.4, -0.2) is 33.4 Å². The number of non-ortho nitro benzene ring substituents is 1. The number of nitrogens with zero attached hydrogens (tertiary/aromatic N) is 2. The number of hydrogen-bond acceptors (Lipinski definition) is 6. The van der Waals surface area contributed by atoms with E-state index in [-0.39, 0.29) is 10.6 Å². The average Bonchev–Trinajstić information content (AvgIpc) is 2.92. The molecule has 2 aromatic rings. The molecule has 0 unspecified atom stereocenters. The summed E-state index contributed by atoms with van der Waals surface area (Å²) in [5.74, 6) is -1.14. The van der Waals surface area contributed by atoms with E-state index in [4.69, 9.17) is 11.6 Å². The highest BCUT2D eigenvalue weighted by Gasteiger charge is 2.36. The SMILES string of the molecule is Cc1ccc(NC(=O)CN2C(=O)S/C(=C/c3ccc([N+](=O)[O-])cc3)C2=O)cc1Cl. The van der Waals surface area contributed by atoms with Crippen molar-refractivity contribution in [1.82, 2.24) is 4.90 Å². The molecule has 1 aliphatic heterocycles. The van der Waals surface area contributed by atoms with E-state index >= 15 is 0 Å². The minimum Gasteiger partial charge on any atom is -0.324 e. The molecule has 1 N–H and O–H groups in total. The Balaban J connectivity index is 1.68. The van der Waals surface area contributed by atoms with Crippen molar-refractivity contribution >= 4 is 57.9 Å². The fourth-order valence-electron chi connectivity index (χ4n) is 2.49. The number of hydrogen-bond donors (Lipinski definition) is 1. The lowest BCUT2D eigenvalue weighted by atomic mass is 10.2. The number of carbonyl (C=O) groups is 3. The monoisotopic (exact) mass is 431 g/mol. The molecule has 0 aliphatic carbocycles. The summed E-state index contributed by atoms with van der Waals surface area (Å²) >= 11 is 6.72. The third kappa shape index (κ3) is 4.82. The minimum absolute atomic E-state index is 0.0804. The first-order chi connectivity index (χ1) is 13.7. The Morgan fingerprint density at radius 2 is 1.93 bits per heavy atom. The van der Waals surface area contributed by atoms with Gasteiger partial charge in [-0.05, 0) is 60.2 Å². The fraction of sp³-hybridized carbons (Fsp3) is 0.105. The highest BCUT2D eigenvalue weighted by Crippen LogP contribution is 2.32. The van der Waals surface area contributed by atoms with Crippen LogP contribution in [0, 0.1) is 17.0 Å². The zero-order valence-corrected chi connectivity index (χ0v) is 16.6. The van der Waals surface area contributed by atoms with Gasteiger partial charge in [0.1, 0.15) is 6.54 Å². The number of benzene rings is 2. The molecule has 2 aromatic carbocycles. The Kier molecular flexibility index (Phi) is 6.00. The maximum absolute atomic E-state index is 12.5. The lowest BCUT2D eigenvalue weighted by molar-refractivity contribution is -0.384. The second-order valence-corrected chi connectivity index (χ2v) is 7.53.